The molecule has 0 fully saturated rings. The molecule has 26 heavy (non-hydrogen) atoms. The molecule has 0 aliphatic carbocycles. The molecule has 1 amide bonds. The fourth-order valence-corrected chi connectivity index (χ4v) is 2.93. The number of nitrogens with two attached hydrogens (primary N) is 1. The Morgan fingerprint density at radius 3 is 2.62 bits per heavy atom. The SMILES string of the molecule is COC(=O)c1ccccc1NC(=O)C[NH2+][C@@H](C)c1cc(F)c(Cl)cc1Cl. The summed E-state index contributed by atoms with van der Waals surface area (Å²) in [6, 6.07) is 8.87. The van der Waals surface area contributed by atoms with E-state index in [1.54, 1.807) is 36.5 Å². The number of methoxy groups -OCH3 is 1. The lowest BCUT2D eigenvalue weighted by molar-refractivity contribution is -0.682. The Labute approximate surface area is 160 Å². The van der Waals surface area contributed by atoms with Crippen molar-refractivity contribution >= 4 is 40.8 Å². The first-order chi connectivity index (χ1) is 12.3. The number of carbonyl (C=O) groups excluding carboxylic acids is 2. The summed E-state index contributed by atoms with van der Waals surface area (Å²) in [5.41, 5.74) is 1.16. The average Bonchev–Trinajstić information content (AvgIpc) is 2.62. The number of halogens is 3. The number of anilines is 1. The lowest BCUT2D eigenvalue weighted by atomic mass is 10.1. The van der Waals surface area contributed by atoms with E-state index in [1.165, 1.54) is 19.2 Å². The number of ether oxygens (including phenoxy) is 1. The molecule has 0 bridgehead atoms. The van der Waals surface area contributed by atoms with Crippen LogP contribution in [0.4, 0.5) is 10.1 Å². The summed E-state index contributed by atoms with van der Waals surface area (Å²) in [7, 11) is 1.27. The summed E-state index contributed by atoms with van der Waals surface area (Å²) in [5.74, 6) is -1.43. The minimum Gasteiger partial charge on any atom is -0.465 e. The van der Waals surface area contributed by atoms with Gasteiger partial charge in [0.1, 0.15) is 11.9 Å². The maximum Gasteiger partial charge on any atom is 0.339 e. The predicted molar refractivity (Wildman–Crippen MR) is 98.0 cm³/mol. The number of rotatable bonds is 6. The molecule has 0 aliphatic rings. The highest BCUT2D eigenvalue weighted by atomic mass is 35.5. The molecule has 0 aliphatic heterocycles. The van der Waals surface area contributed by atoms with E-state index in [4.69, 9.17) is 23.2 Å². The van der Waals surface area contributed by atoms with Crippen LogP contribution in [0.25, 0.3) is 0 Å². The first-order valence-corrected chi connectivity index (χ1v) is 8.54. The molecule has 3 N–H and O–H groups in total. The number of carbonyl (C=O) groups is 2. The van der Waals surface area contributed by atoms with E-state index < -0.39 is 11.8 Å². The lowest BCUT2D eigenvalue weighted by Crippen LogP contribution is -2.86. The van der Waals surface area contributed by atoms with Crippen LogP contribution in [0.5, 0.6) is 0 Å². The largest absolute Gasteiger partial charge is 0.465 e. The van der Waals surface area contributed by atoms with Crippen molar-refractivity contribution in [1.82, 2.24) is 0 Å². The van der Waals surface area contributed by atoms with Crippen LogP contribution >= 0.6 is 23.2 Å². The number of nitrogens with one attached hydrogen (secondary N) is 1. The average molecular weight is 400 g/mol. The van der Waals surface area contributed by atoms with Crippen LogP contribution in [0, 0.1) is 5.82 Å². The zero-order chi connectivity index (χ0) is 19.3. The first-order valence-electron chi connectivity index (χ1n) is 7.78. The van der Waals surface area contributed by atoms with Gasteiger partial charge >= 0.3 is 5.97 Å². The molecule has 0 aromatic heterocycles. The smallest absolute Gasteiger partial charge is 0.339 e. The van der Waals surface area contributed by atoms with E-state index in [-0.39, 0.29) is 29.1 Å². The van der Waals surface area contributed by atoms with Gasteiger partial charge in [-0.15, -0.1) is 0 Å². The van der Waals surface area contributed by atoms with Gasteiger partial charge in [-0.05, 0) is 31.2 Å². The van der Waals surface area contributed by atoms with E-state index in [1.807, 2.05) is 0 Å². The van der Waals surface area contributed by atoms with E-state index in [2.05, 4.69) is 10.1 Å². The molecule has 0 radical (unpaired) electrons. The Morgan fingerprint density at radius 2 is 1.92 bits per heavy atom. The number of amides is 1. The fraction of sp³-hybridized carbons (Fsp3) is 0.222. The number of para-hydroxylation sites is 1. The standard InChI is InChI=1S/C18H17Cl2FN2O3/c1-10(12-7-15(21)14(20)8-13(12)19)22-9-17(24)23-16-6-4-3-5-11(16)18(25)26-2/h3-8,10,22H,9H2,1-2H3,(H,23,24)/p+1/t10-/m0/s1. The third kappa shape index (κ3) is 4.94. The Bertz CT molecular complexity index is 830. The van der Waals surface area contributed by atoms with Gasteiger partial charge in [-0.25, -0.2) is 9.18 Å². The Kier molecular flexibility index (Phi) is 6.97. The minimum absolute atomic E-state index is 0.0527. The van der Waals surface area contributed by atoms with Crippen molar-refractivity contribution in [2.24, 2.45) is 0 Å². The van der Waals surface area contributed by atoms with Gasteiger partial charge in [0.05, 0.1) is 28.4 Å². The summed E-state index contributed by atoms with van der Waals surface area (Å²) in [6.07, 6.45) is 0. The second kappa shape index (κ2) is 8.98. The second-order valence-electron chi connectivity index (χ2n) is 5.60. The molecular weight excluding hydrogens is 382 g/mol. The van der Waals surface area contributed by atoms with Gasteiger partial charge in [-0.1, -0.05) is 35.3 Å². The van der Waals surface area contributed by atoms with E-state index in [9.17, 15) is 14.0 Å². The third-order valence-electron chi connectivity index (χ3n) is 3.79. The normalized spacial score (nSPS) is 11.7. The van der Waals surface area contributed by atoms with Crippen LogP contribution in [0.3, 0.4) is 0 Å². The quantitative estimate of drug-likeness (QED) is 0.578. The number of hydrogen-bond acceptors (Lipinski definition) is 3. The van der Waals surface area contributed by atoms with Gasteiger partial charge < -0.3 is 15.4 Å². The summed E-state index contributed by atoms with van der Waals surface area (Å²) < 4.78 is 18.3. The first kappa shape index (κ1) is 20.2. The van der Waals surface area contributed by atoms with Gasteiger partial charge in [0.2, 0.25) is 0 Å². The van der Waals surface area contributed by atoms with Gasteiger partial charge in [0.15, 0.2) is 6.54 Å². The van der Waals surface area contributed by atoms with Gasteiger partial charge in [-0.2, -0.15) is 0 Å². The van der Waals surface area contributed by atoms with Gasteiger partial charge in [-0.3, -0.25) is 4.79 Å². The van der Waals surface area contributed by atoms with Crippen LogP contribution in [0.15, 0.2) is 36.4 Å². The molecule has 2 aromatic rings. The number of benzene rings is 2. The van der Waals surface area contributed by atoms with Crippen molar-refractivity contribution < 1.29 is 24.0 Å². The monoisotopic (exact) mass is 399 g/mol. The lowest BCUT2D eigenvalue weighted by Gasteiger charge is -2.14. The van der Waals surface area contributed by atoms with Crippen molar-refractivity contribution in [2.75, 3.05) is 19.0 Å². The molecule has 2 aromatic carbocycles. The summed E-state index contributed by atoms with van der Waals surface area (Å²) in [4.78, 5) is 23.9. The van der Waals surface area contributed by atoms with E-state index in [0.29, 0.717) is 16.3 Å². The van der Waals surface area contributed by atoms with Crippen molar-refractivity contribution in [2.45, 2.75) is 13.0 Å². The van der Waals surface area contributed by atoms with Crippen LogP contribution < -0.4 is 10.6 Å². The zero-order valence-corrected chi connectivity index (χ0v) is 15.7. The summed E-state index contributed by atoms with van der Waals surface area (Å²) >= 11 is 11.8. The predicted octanol–water partition coefficient (Wildman–Crippen LogP) is 3.18. The molecular formula is C18H18Cl2FN2O3+. The fourth-order valence-electron chi connectivity index (χ4n) is 2.38. The van der Waals surface area contributed by atoms with Crippen LogP contribution in [-0.2, 0) is 9.53 Å². The maximum absolute atomic E-state index is 13.6. The molecule has 2 rings (SSSR count). The number of esters is 1. The molecule has 0 saturated carbocycles. The van der Waals surface area contributed by atoms with E-state index >= 15 is 0 Å². The molecule has 138 valence electrons. The van der Waals surface area contributed by atoms with Crippen LogP contribution in [-0.4, -0.2) is 25.5 Å². The van der Waals surface area contributed by atoms with Crippen LogP contribution in [0.1, 0.15) is 28.9 Å². The molecule has 8 heteroatoms. The van der Waals surface area contributed by atoms with Crippen molar-refractivity contribution in [3.8, 4) is 0 Å². The van der Waals surface area contributed by atoms with Crippen molar-refractivity contribution in [3.63, 3.8) is 0 Å². The highest BCUT2D eigenvalue weighted by Gasteiger charge is 2.18. The molecule has 0 unspecified atom stereocenters. The summed E-state index contributed by atoms with van der Waals surface area (Å²) in [6.45, 7) is 1.85. The molecule has 0 spiro atoms. The Morgan fingerprint density at radius 1 is 1.23 bits per heavy atom. The Balaban J connectivity index is 2.02. The number of hydrogen-bond donors (Lipinski definition) is 2. The highest BCUT2D eigenvalue weighted by molar-refractivity contribution is 6.35. The maximum atomic E-state index is 13.6. The molecule has 0 heterocycles. The third-order valence-corrected chi connectivity index (χ3v) is 4.41. The Hall–Kier alpha value is -2.15. The van der Waals surface area contributed by atoms with E-state index in [0.717, 1.165) is 0 Å². The number of quaternary nitrogens is 1. The molecule has 1 atom stereocenters. The highest BCUT2D eigenvalue weighted by Crippen LogP contribution is 2.27. The van der Waals surface area contributed by atoms with Gasteiger partial charge in [0.25, 0.3) is 5.91 Å². The van der Waals surface area contributed by atoms with Crippen molar-refractivity contribution in [1.29, 1.82) is 0 Å². The van der Waals surface area contributed by atoms with Crippen LogP contribution in [0.2, 0.25) is 10.0 Å². The topological polar surface area (TPSA) is 72.0 Å². The molecule has 5 nitrogen and oxygen atoms in total. The summed E-state index contributed by atoms with van der Waals surface area (Å²) in [5, 5.41) is 4.65. The van der Waals surface area contributed by atoms with Crippen molar-refractivity contribution in [3.05, 3.63) is 63.4 Å². The second-order valence-corrected chi connectivity index (χ2v) is 6.42. The van der Waals surface area contributed by atoms with Gasteiger partial charge in [0, 0.05) is 5.56 Å². The molecule has 0 saturated heterocycles. The zero-order valence-electron chi connectivity index (χ0n) is 14.2. The minimum atomic E-state index is -0.567.